The topological polar surface area (TPSA) is 93.7 Å². The van der Waals surface area contributed by atoms with Crippen LogP contribution in [-0.4, -0.2) is 21.0 Å². The molecule has 2 heterocycles. The lowest BCUT2D eigenvalue weighted by atomic mass is 10.1. The highest BCUT2D eigenvalue weighted by molar-refractivity contribution is 8.18. The van der Waals surface area contributed by atoms with Gasteiger partial charge in [0.25, 0.3) is 16.8 Å². The molecule has 1 aromatic carbocycles. The van der Waals surface area contributed by atoms with Gasteiger partial charge in [0, 0.05) is 11.6 Å². The minimum atomic E-state index is -0.527. The first-order chi connectivity index (χ1) is 12.5. The van der Waals surface area contributed by atoms with Gasteiger partial charge in [-0.1, -0.05) is 18.2 Å². The zero-order valence-electron chi connectivity index (χ0n) is 13.7. The molecule has 132 valence electrons. The number of imide groups is 1. The maximum Gasteiger partial charge on any atom is 0.293 e. The van der Waals surface area contributed by atoms with Crippen molar-refractivity contribution in [2.75, 3.05) is 0 Å². The Morgan fingerprint density at radius 3 is 2.73 bits per heavy atom. The molecule has 0 radical (unpaired) electrons. The smallest absolute Gasteiger partial charge is 0.293 e. The molecular weight excluding hydrogens is 356 g/mol. The van der Waals surface area contributed by atoms with Crippen molar-refractivity contribution in [3.8, 4) is 0 Å². The van der Waals surface area contributed by atoms with Gasteiger partial charge in [-0.2, -0.15) is 0 Å². The summed E-state index contributed by atoms with van der Waals surface area (Å²) in [5.74, 6) is 0.170. The number of rotatable bonds is 5. The summed E-state index contributed by atoms with van der Waals surface area (Å²) < 4.78 is 5.21. The lowest BCUT2D eigenvalue weighted by Crippen LogP contribution is -2.27. The number of allylic oxidation sites excluding steroid dienone is 2. The average Bonchev–Trinajstić information content (AvgIpc) is 3.19. The van der Waals surface area contributed by atoms with Gasteiger partial charge in [0.2, 0.25) is 0 Å². The summed E-state index contributed by atoms with van der Waals surface area (Å²) in [4.78, 5) is 36.6. The molecule has 2 aromatic rings. The van der Waals surface area contributed by atoms with Gasteiger partial charge in [-0.25, -0.2) is 0 Å². The zero-order valence-corrected chi connectivity index (χ0v) is 14.6. The number of hydrogen-bond donors (Lipinski definition) is 0. The summed E-state index contributed by atoms with van der Waals surface area (Å²) in [7, 11) is 0. The minimum Gasteiger partial charge on any atom is -0.465 e. The van der Waals surface area contributed by atoms with E-state index in [1.807, 2.05) is 0 Å². The number of amides is 2. The molecule has 1 aromatic heterocycles. The second-order valence-electron chi connectivity index (χ2n) is 5.56. The maximum atomic E-state index is 12.5. The third-order valence-corrected chi connectivity index (χ3v) is 4.57. The van der Waals surface area contributed by atoms with Gasteiger partial charge >= 0.3 is 0 Å². The second kappa shape index (κ2) is 7.40. The van der Waals surface area contributed by atoms with Crippen LogP contribution in [0.15, 0.2) is 63.6 Å². The predicted octanol–water partition coefficient (Wildman–Crippen LogP) is 4.37. The summed E-state index contributed by atoms with van der Waals surface area (Å²) >= 11 is 0.813. The van der Waals surface area contributed by atoms with Crippen molar-refractivity contribution in [2.24, 2.45) is 0 Å². The van der Waals surface area contributed by atoms with Gasteiger partial charge < -0.3 is 4.42 Å². The van der Waals surface area contributed by atoms with E-state index in [4.69, 9.17) is 4.42 Å². The fraction of sp³-hybridized carbons (Fsp3) is 0.111. The third kappa shape index (κ3) is 3.75. The van der Waals surface area contributed by atoms with Crippen LogP contribution < -0.4 is 0 Å². The SMILES string of the molecule is CC(/C=C1\SC(=O)N(Cc2ccccc2[N+](=O)[O-])C1=O)=C\c1ccco1. The third-order valence-electron chi connectivity index (χ3n) is 3.66. The molecule has 0 atom stereocenters. The molecule has 1 fully saturated rings. The van der Waals surface area contributed by atoms with Crippen LogP contribution in [0, 0.1) is 10.1 Å². The Labute approximate surface area is 153 Å². The van der Waals surface area contributed by atoms with Crippen molar-refractivity contribution >= 4 is 34.7 Å². The largest absolute Gasteiger partial charge is 0.465 e. The van der Waals surface area contributed by atoms with Crippen LogP contribution in [0.3, 0.4) is 0 Å². The van der Waals surface area contributed by atoms with Gasteiger partial charge in [-0.05, 0) is 48.5 Å². The van der Waals surface area contributed by atoms with Crippen LogP contribution in [0.1, 0.15) is 18.2 Å². The molecule has 8 heteroatoms. The molecule has 0 saturated carbocycles. The number of benzene rings is 1. The summed E-state index contributed by atoms with van der Waals surface area (Å²) in [5, 5.41) is 10.7. The standard InChI is InChI=1S/C18H14N2O5S/c1-12(9-14-6-4-8-25-14)10-16-17(21)19(18(22)26-16)11-13-5-2-3-7-15(13)20(23)24/h2-10H,11H2,1H3/b12-9+,16-10-. The van der Waals surface area contributed by atoms with E-state index >= 15 is 0 Å². The maximum absolute atomic E-state index is 12.5. The molecule has 0 spiro atoms. The van der Waals surface area contributed by atoms with Crippen molar-refractivity contribution in [2.45, 2.75) is 13.5 Å². The highest BCUT2D eigenvalue weighted by Crippen LogP contribution is 2.34. The van der Waals surface area contributed by atoms with E-state index < -0.39 is 16.1 Å². The Bertz CT molecular complexity index is 931. The lowest BCUT2D eigenvalue weighted by Gasteiger charge is -2.12. The highest BCUT2D eigenvalue weighted by Gasteiger charge is 2.36. The lowest BCUT2D eigenvalue weighted by molar-refractivity contribution is -0.385. The van der Waals surface area contributed by atoms with Gasteiger partial charge in [0.05, 0.1) is 22.6 Å². The molecule has 26 heavy (non-hydrogen) atoms. The molecule has 2 amide bonds. The summed E-state index contributed by atoms with van der Waals surface area (Å²) in [6.07, 6.45) is 4.89. The number of nitro benzene ring substituents is 1. The molecule has 1 saturated heterocycles. The van der Waals surface area contributed by atoms with Gasteiger partial charge in [-0.3, -0.25) is 24.6 Å². The molecule has 0 N–H and O–H groups in total. The number of thioether (sulfide) groups is 1. The number of furan rings is 1. The van der Waals surface area contributed by atoms with E-state index in [1.165, 1.54) is 18.2 Å². The van der Waals surface area contributed by atoms with Crippen molar-refractivity contribution in [1.82, 2.24) is 4.90 Å². The predicted molar refractivity (Wildman–Crippen MR) is 97.1 cm³/mol. The van der Waals surface area contributed by atoms with Crippen molar-refractivity contribution in [1.29, 1.82) is 0 Å². The average molecular weight is 370 g/mol. The summed E-state index contributed by atoms with van der Waals surface area (Å²) in [6.45, 7) is 1.65. The first kappa shape index (κ1) is 17.7. The van der Waals surface area contributed by atoms with Gasteiger partial charge in [0.1, 0.15) is 5.76 Å². The Morgan fingerprint density at radius 2 is 2.04 bits per heavy atom. The van der Waals surface area contributed by atoms with Crippen molar-refractivity contribution in [3.63, 3.8) is 0 Å². The Hall–Kier alpha value is -3.13. The van der Waals surface area contributed by atoms with Crippen LogP contribution in [0.4, 0.5) is 10.5 Å². The molecule has 0 bridgehead atoms. The van der Waals surface area contributed by atoms with E-state index in [9.17, 15) is 19.7 Å². The number of carbonyl (C=O) groups is 2. The van der Waals surface area contributed by atoms with E-state index in [0.717, 1.165) is 22.2 Å². The molecule has 7 nitrogen and oxygen atoms in total. The zero-order chi connectivity index (χ0) is 18.7. The Balaban J connectivity index is 1.82. The van der Waals surface area contributed by atoms with Crippen LogP contribution in [-0.2, 0) is 11.3 Å². The van der Waals surface area contributed by atoms with Crippen LogP contribution >= 0.6 is 11.8 Å². The molecule has 1 aliphatic rings. The normalized spacial score (nSPS) is 16.6. The number of nitro groups is 1. The second-order valence-corrected chi connectivity index (χ2v) is 6.55. The Morgan fingerprint density at radius 1 is 1.27 bits per heavy atom. The number of para-hydroxylation sites is 1. The summed E-state index contributed by atoms with van der Waals surface area (Å²) in [6, 6.07) is 9.58. The molecule has 0 aliphatic carbocycles. The van der Waals surface area contributed by atoms with Crippen molar-refractivity contribution < 1.29 is 18.9 Å². The molecular formula is C18H14N2O5S. The van der Waals surface area contributed by atoms with E-state index in [2.05, 4.69) is 0 Å². The van der Waals surface area contributed by atoms with Crippen molar-refractivity contribution in [3.05, 3.63) is 80.7 Å². The fourth-order valence-electron chi connectivity index (χ4n) is 2.48. The monoisotopic (exact) mass is 370 g/mol. The van der Waals surface area contributed by atoms with E-state index in [1.54, 1.807) is 43.5 Å². The van der Waals surface area contributed by atoms with E-state index in [-0.39, 0.29) is 17.1 Å². The number of hydrogen-bond acceptors (Lipinski definition) is 6. The number of carbonyl (C=O) groups excluding carboxylic acids is 2. The highest BCUT2D eigenvalue weighted by atomic mass is 32.2. The minimum absolute atomic E-state index is 0.121. The quantitative estimate of drug-likeness (QED) is 0.441. The number of nitrogens with zero attached hydrogens (tertiary/aromatic N) is 2. The first-order valence-corrected chi connectivity index (χ1v) is 8.47. The van der Waals surface area contributed by atoms with Gasteiger partial charge in [-0.15, -0.1) is 0 Å². The molecule has 3 rings (SSSR count). The van der Waals surface area contributed by atoms with Gasteiger partial charge in [0.15, 0.2) is 0 Å². The van der Waals surface area contributed by atoms with E-state index in [0.29, 0.717) is 11.3 Å². The first-order valence-electron chi connectivity index (χ1n) is 7.65. The van der Waals surface area contributed by atoms with Crippen LogP contribution in [0.25, 0.3) is 6.08 Å². The molecule has 1 aliphatic heterocycles. The van der Waals surface area contributed by atoms with Crippen LogP contribution in [0.5, 0.6) is 0 Å². The molecule has 0 unspecified atom stereocenters. The fourth-order valence-corrected chi connectivity index (χ4v) is 3.36. The Kier molecular flexibility index (Phi) is 5.04. The van der Waals surface area contributed by atoms with Crippen LogP contribution in [0.2, 0.25) is 0 Å². The summed E-state index contributed by atoms with van der Waals surface area (Å²) in [5.41, 5.74) is 0.935.